The summed E-state index contributed by atoms with van der Waals surface area (Å²) in [5.74, 6) is 0.399. The molecule has 0 aliphatic rings. The van der Waals surface area contributed by atoms with Crippen LogP contribution in [0, 0.1) is 0 Å². The van der Waals surface area contributed by atoms with Crippen molar-refractivity contribution in [2.24, 2.45) is 0 Å². The molecule has 0 aromatic carbocycles. The SMILES string of the molecule is CCOC(=O)NSC(=O)Nc1ccc(Br)cn1. The molecule has 0 atom stereocenters. The molecule has 8 heteroatoms. The van der Waals surface area contributed by atoms with Gasteiger partial charge in [-0.2, -0.15) is 0 Å². The molecular weight excluding hydrogens is 310 g/mol. The van der Waals surface area contributed by atoms with Crippen molar-refractivity contribution in [3.63, 3.8) is 0 Å². The lowest BCUT2D eigenvalue weighted by molar-refractivity contribution is 0.159. The summed E-state index contributed by atoms with van der Waals surface area (Å²) in [4.78, 5) is 26.2. The first-order valence-electron chi connectivity index (χ1n) is 4.64. The Kier molecular flexibility index (Phi) is 5.78. The van der Waals surface area contributed by atoms with E-state index < -0.39 is 11.3 Å². The predicted molar refractivity (Wildman–Crippen MR) is 68.7 cm³/mol. The third-order valence-electron chi connectivity index (χ3n) is 1.46. The summed E-state index contributed by atoms with van der Waals surface area (Å²) in [6.07, 6.45) is 0.899. The number of nitrogens with zero attached hydrogens (tertiary/aromatic N) is 1. The van der Waals surface area contributed by atoms with Crippen molar-refractivity contribution in [1.29, 1.82) is 0 Å². The van der Waals surface area contributed by atoms with Crippen LogP contribution in [0.3, 0.4) is 0 Å². The van der Waals surface area contributed by atoms with E-state index in [0.717, 1.165) is 4.47 Å². The zero-order chi connectivity index (χ0) is 12.7. The van der Waals surface area contributed by atoms with Crippen LogP contribution in [0.15, 0.2) is 22.8 Å². The molecule has 2 N–H and O–H groups in total. The van der Waals surface area contributed by atoms with Crippen molar-refractivity contribution in [3.8, 4) is 0 Å². The number of aromatic nitrogens is 1. The molecule has 1 rings (SSSR count). The Morgan fingerprint density at radius 2 is 2.29 bits per heavy atom. The van der Waals surface area contributed by atoms with E-state index in [0.29, 0.717) is 17.8 Å². The number of rotatable bonds is 2. The number of nitrogens with one attached hydrogen (secondary N) is 2. The summed E-state index contributed by atoms with van der Waals surface area (Å²) in [7, 11) is 0. The van der Waals surface area contributed by atoms with Crippen molar-refractivity contribution in [1.82, 2.24) is 9.71 Å². The fourth-order valence-electron chi connectivity index (χ4n) is 0.828. The largest absolute Gasteiger partial charge is 0.449 e. The summed E-state index contributed by atoms with van der Waals surface area (Å²) in [6, 6.07) is 3.37. The van der Waals surface area contributed by atoms with E-state index in [1.165, 1.54) is 0 Å². The molecule has 2 amide bonds. The smallest absolute Gasteiger partial charge is 0.417 e. The topological polar surface area (TPSA) is 80.3 Å². The van der Waals surface area contributed by atoms with E-state index in [9.17, 15) is 9.59 Å². The van der Waals surface area contributed by atoms with Crippen LogP contribution in [0.4, 0.5) is 15.4 Å². The van der Waals surface area contributed by atoms with Gasteiger partial charge in [0, 0.05) is 10.7 Å². The second-order valence-electron chi connectivity index (χ2n) is 2.70. The van der Waals surface area contributed by atoms with Gasteiger partial charge in [-0.15, -0.1) is 0 Å². The molecule has 1 heterocycles. The van der Waals surface area contributed by atoms with Crippen molar-refractivity contribution in [2.75, 3.05) is 11.9 Å². The number of ether oxygens (including phenoxy) is 1. The summed E-state index contributed by atoms with van der Waals surface area (Å²) in [5, 5.41) is 2.04. The number of carbonyl (C=O) groups excluding carboxylic acids is 2. The molecule has 0 saturated carbocycles. The number of hydrogen-bond donors (Lipinski definition) is 2. The van der Waals surface area contributed by atoms with Gasteiger partial charge in [0.15, 0.2) is 0 Å². The van der Waals surface area contributed by atoms with Crippen LogP contribution in [-0.2, 0) is 4.74 Å². The van der Waals surface area contributed by atoms with E-state index >= 15 is 0 Å². The maximum absolute atomic E-state index is 11.3. The molecule has 1 aromatic heterocycles. The summed E-state index contributed by atoms with van der Waals surface area (Å²) in [5.41, 5.74) is 0. The fraction of sp³-hybridized carbons (Fsp3) is 0.222. The lowest BCUT2D eigenvalue weighted by Crippen LogP contribution is -2.21. The van der Waals surface area contributed by atoms with Crippen LogP contribution >= 0.6 is 27.9 Å². The standard InChI is InChI=1S/C9H10BrN3O3S/c1-2-16-8(14)13-17-9(15)12-7-4-3-6(10)5-11-7/h3-5H,2H2,1H3,(H,13,14)(H,11,12,15). The minimum absolute atomic E-state index is 0.252. The van der Waals surface area contributed by atoms with Crippen LogP contribution < -0.4 is 10.0 Å². The van der Waals surface area contributed by atoms with Crippen LogP contribution in [0.5, 0.6) is 0 Å². The minimum atomic E-state index is -0.656. The van der Waals surface area contributed by atoms with E-state index in [1.807, 2.05) is 0 Å². The van der Waals surface area contributed by atoms with Gasteiger partial charge in [-0.05, 0) is 35.0 Å². The van der Waals surface area contributed by atoms with Crippen molar-refractivity contribution < 1.29 is 14.3 Å². The molecule has 6 nitrogen and oxygen atoms in total. The molecule has 17 heavy (non-hydrogen) atoms. The Morgan fingerprint density at radius 1 is 1.53 bits per heavy atom. The summed E-state index contributed by atoms with van der Waals surface area (Å²) >= 11 is 3.82. The molecule has 92 valence electrons. The maximum Gasteiger partial charge on any atom is 0.417 e. The molecule has 0 radical (unpaired) electrons. The number of anilines is 1. The molecule has 0 aliphatic heterocycles. The van der Waals surface area contributed by atoms with Crippen molar-refractivity contribution in [2.45, 2.75) is 6.92 Å². The second kappa shape index (κ2) is 7.13. The van der Waals surface area contributed by atoms with Gasteiger partial charge >= 0.3 is 11.3 Å². The van der Waals surface area contributed by atoms with E-state index in [-0.39, 0.29) is 6.61 Å². The second-order valence-corrected chi connectivity index (χ2v) is 4.39. The Labute approximate surface area is 111 Å². The molecule has 0 fully saturated rings. The quantitative estimate of drug-likeness (QED) is 0.819. The Morgan fingerprint density at radius 3 is 2.88 bits per heavy atom. The number of halogens is 1. The first kappa shape index (κ1) is 13.8. The normalized spacial score (nSPS) is 9.53. The van der Waals surface area contributed by atoms with Crippen LogP contribution in [0.1, 0.15) is 6.92 Å². The van der Waals surface area contributed by atoms with Gasteiger partial charge in [-0.3, -0.25) is 14.8 Å². The molecule has 0 bridgehead atoms. The first-order chi connectivity index (χ1) is 8.11. The third kappa shape index (κ3) is 5.55. The van der Waals surface area contributed by atoms with Crippen LogP contribution in [-0.4, -0.2) is 22.9 Å². The number of amides is 2. The van der Waals surface area contributed by atoms with Crippen molar-refractivity contribution in [3.05, 3.63) is 22.8 Å². The highest BCUT2D eigenvalue weighted by atomic mass is 79.9. The Bertz CT molecular complexity index is 399. The van der Waals surface area contributed by atoms with Crippen LogP contribution in [0.25, 0.3) is 0 Å². The van der Waals surface area contributed by atoms with Gasteiger partial charge < -0.3 is 4.74 Å². The highest BCUT2D eigenvalue weighted by Crippen LogP contribution is 2.11. The van der Waals surface area contributed by atoms with E-state index in [2.05, 4.69) is 35.7 Å². The maximum atomic E-state index is 11.3. The average Bonchev–Trinajstić information content (AvgIpc) is 2.30. The van der Waals surface area contributed by atoms with Crippen LogP contribution in [0.2, 0.25) is 0 Å². The number of pyridine rings is 1. The van der Waals surface area contributed by atoms with Crippen molar-refractivity contribution >= 4 is 45.0 Å². The fourth-order valence-corrected chi connectivity index (χ4v) is 1.45. The minimum Gasteiger partial charge on any atom is -0.449 e. The predicted octanol–water partition coefficient (Wildman–Crippen LogP) is 2.77. The first-order valence-corrected chi connectivity index (χ1v) is 6.25. The lowest BCUT2D eigenvalue weighted by Gasteiger charge is -2.04. The van der Waals surface area contributed by atoms with Gasteiger partial charge in [-0.1, -0.05) is 0 Å². The Balaban J connectivity index is 2.34. The number of carbonyl (C=O) groups is 2. The van der Waals surface area contributed by atoms with Gasteiger partial charge in [0.25, 0.3) is 0 Å². The Hall–Kier alpha value is -1.28. The summed E-state index contributed by atoms with van der Waals surface area (Å²) < 4.78 is 7.62. The van der Waals surface area contributed by atoms with Gasteiger partial charge in [0.05, 0.1) is 18.6 Å². The van der Waals surface area contributed by atoms with E-state index in [4.69, 9.17) is 0 Å². The average molecular weight is 320 g/mol. The third-order valence-corrected chi connectivity index (χ3v) is 2.49. The highest BCUT2D eigenvalue weighted by molar-refractivity contribution is 9.10. The zero-order valence-corrected chi connectivity index (χ0v) is 11.3. The monoisotopic (exact) mass is 319 g/mol. The zero-order valence-electron chi connectivity index (χ0n) is 8.90. The molecular formula is C9H10BrN3O3S. The van der Waals surface area contributed by atoms with Gasteiger partial charge in [-0.25, -0.2) is 9.78 Å². The highest BCUT2D eigenvalue weighted by Gasteiger charge is 2.07. The van der Waals surface area contributed by atoms with Gasteiger partial charge in [0.2, 0.25) is 0 Å². The molecule has 0 aliphatic carbocycles. The van der Waals surface area contributed by atoms with Gasteiger partial charge in [0.1, 0.15) is 5.82 Å². The summed E-state index contributed by atoms with van der Waals surface area (Å²) in [6.45, 7) is 1.93. The molecule has 0 unspecified atom stereocenters. The van der Waals surface area contributed by atoms with E-state index in [1.54, 1.807) is 25.3 Å². The number of hydrogen-bond acceptors (Lipinski definition) is 5. The lowest BCUT2D eigenvalue weighted by atomic mass is 10.5. The molecule has 0 saturated heterocycles. The molecule has 0 spiro atoms. The molecule has 1 aromatic rings.